The number of rotatable bonds is 7. The Morgan fingerprint density at radius 2 is 1.72 bits per heavy atom. The van der Waals surface area contributed by atoms with Crippen molar-refractivity contribution in [2.75, 3.05) is 12.3 Å². The lowest BCUT2D eigenvalue weighted by Crippen LogP contribution is -2.26. The molecule has 1 aliphatic rings. The Kier molecular flexibility index (Phi) is 5.49. The van der Waals surface area contributed by atoms with Gasteiger partial charge in [-0.1, -0.05) is 24.3 Å². The average molecular weight is 336 g/mol. The minimum atomic E-state index is -0.0787. The lowest BCUT2D eigenvalue weighted by molar-refractivity contribution is -0.121. The normalized spacial score (nSPS) is 12.6. The van der Waals surface area contributed by atoms with Gasteiger partial charge in [0.1, 0.15) is 0 Å². The summed E-state index contributed by atoms with van der Waals surface area (Å²) in [6, 6.07) is 13.6. The molecule has 0 saturated carbocycles. The van der Waals surface area contributed by atoms with Crippen LogP contribution in [0.4, 0.5) is 5.69 Å². The van der Waals surface area contributed by atoms with Crippen molar-refractivity contribution in [1.82, 2.24) is 5.32 Å². The molecule has 130 valence electrons. The molecule has 4 nitrogen and oxygen atoms in total. The third-order valence-electron chi connectivity index (χ3n) is 4.72. The molecule has 0 fully saturated rings. The molecule has 0 aromatic heterocycles. The van der Waals surface area contributed by atoms with Gasteiger partial charge < -0.3 is 11.1 Å². The molecule has 0 saturated heterocycles. The molecule has 1 aliphatic carbocycles. The molecule has 3 rings (SSSR count). The summed E-state index contributed by atoms with van der Waals surface area (Å²) in [5, 5.41) is 2.87. The first kappa shape index (κ1) is 17.2. The maximum absolute atomic E-state index is 12.3. The molecule has 0 spiro atoms. The number of amides is 1. The van der Waals surface area contributed by atoms with E-state index in [2.05, 4.69) is 11.4 Å². The van der Waals surface area contributed by atoms with Gasteiger partial charge in [-0.25, -0.2) is 0 Å². The van der Waals surface area contributed by atoms with Crippen molar-refractivity contribution in [3.8, 4) is 0 Å². The zero-order chi connectivity index (χ0) is 17.6. The number of hydrogen-bond acceptors (Lipinski definition) is 3. The van der Waals surface area contributed by atoms with Gasteiger partial charge in [0.05, 0.1) is 0 Å². The summed E-state index contributed by atoms with van der Waals surface area (Å²) < 4.78 is 0. The van der Waals surface area contributed by atoms with Crippen LogP contribution in [0.2, 0.25) is 0 Å². The third kappa shape index (κ3) is 4.69. The van der Waals surface area contributed by atoms with E-state index in [4.69, 9.17) is 5.73 Å². The third-order valence-corrected chi connectivity index (χ3v) is 4.72. The number of benzene rings is 2. The first-order valence-corrected chi connectivity index (χ1v) is 8.88. The second-order valence-corrected chi connectivity index (χ2v) is 6.60. The second kappa shape index (κ2) is 7.97. The molecule has 1 amide bonds. The van der Waals surface area contributed by atoms with Gasteiger partial charge in [-0.05, 0) is 60.6 Å². The molecule has 0 bridgehead atoms. The number of nitrogen functional groups attached to an aromatic ring is 1. The number of carbonyl (C=O) groups excluding carboxylic acids is 2. The van der Waals surface area contributed by atoms with Gasteiger partial charge in [-0.3, -0.25) is 9.59 Å². The molecule has 2 aromatic rings. The van der Waals surface area contributed by atoms with Gasteiger partial charge in [-0.15, -0.1) is 0 Å². The van der Waals surface area contributed by atoms with Crippen LogP contribution >= 0.6 is 0 Å². The summed E-state index contributed by atoms with van der Waals surface area (Å²) in [5.41, 5.74) is 10.9. The second-order valence-electron chi connectivity index (χ2n) is 6.60. The number of Topliss-reactive ketones (excluding diaryl/α,β-unsaturated/α-hetero) is 1. The highest BCUT2D eigenvalue weighted by Crippen LogP contribution is 2.23. The Bertz CT molecular complexity index is 766. The maximum Gasteiger partial charge on any atom is 0.220 e. The maximum atomic E-state index is 12.3. The predicted octanol–water partition coefficient (Wildman–Crippen LogP) is 3.08. The van der Waals surface area contributed by atoms with Gasteiger partial charge in [-0.2, -0.15) is 0 Å². The largest absolute Gasteiger partial charge is 0.399 e. The van der Waals surface area contributed by atoms with E-state index >= 15 is 0 Å². The highest BCUT2D eigenvalue weighted by Gasteiger charge is 2.14. The summed E-state index contributed by atoms with van der Waals surface area (Å²) in [5.74, 6) is -0.0339. The van der Waals surface area contributed by atoms with Gasteiger partial charge in [0.25, 0.3) is 0 Å². The number of aryl methyl sites for hydroxylation is 2. The molecule has 25 heavy (non-hydrogen) atoms. The van der Waals surface area contributed by atoms with E-state index in [0.717, 1.165) is 36.1 Å². The summed E-state index contributed by atoms with van der Waals surface area (Å²) in [7, 11) is 0. The lowest BCUT2D eigenvalue weighted by Gasteiger charge is -2.07. The van der Waals surface area contributed by atoms with E-state index in [-0.39, 0.29) is 24.5 Å². The van der Waals surface area contributed by atoms with E-state index in [9.17, 15) is 9.59 Å². The van der Waals surface area contributed by atoms with E-state index in [1.54, 1.807) is 0 Å². The predicted molar refractivity (Wildman–Crippen MR) is 99.6 cm³/mol. The van der Waals surface area contributed by atoms with Gasteiger partial charge in [0.15, 0.2) is 5.78 Å². The molecule has 3 N–H and O–H groups in total. The monoisotopic (exact) mass is 336 g/mol. The fourth-order valence-electron chi connectivity index (χ4n) is 3.24. The minimum Gasteiger partial charge on any atom is -0.399 e. The van der Waals surface area contributed by atoms with Crippen molar-refractivity contribution in [3.63, 3.8) is 0 Å². The van der Waals surface area contributed by atoms with E-state index in [1.165, 1.54) is 17.5 Å². The molecular weight excluding hydrogens is 312 g/mol. The van der Waals surface area contributed by atoms with E-state index in [1.807, 2.05) is 36.4 Å². The van der Waals surface area contributed by atoms with Crippen LogP contribution in [0.3, 0.4) is 0 Å². The molecule has 4 heteroatoms. The standard InChI is InChI=1S/C21H24N2O2/c22-19-8-4-15(5-9-19)12-13-23-21(25)11-10-20(24)18-7-6-16-2-1-3-17(16)14-18/h4-9,14H,1-3,10-13,22H2,(H,23,25). The fraction of sp³-hybridized carbons (Fsp3) is 0.333. The topological polar surface area (TPSA) is 72.2 Å². The molecule has 0 radical (unpaired) electrons. The van der Waals surface area contributed by atoms with Gasteiger partial charge in [0.2, 0.25) is 5.91 Å². The first-order valence-electron chi connectivity index (χ1n) is 8.88. The van der Waals surface area contributed by atoms with Crippen LogP contribution in [-0.2, 0) is 24.1 Å². The molecule has 0 heterocycles. The van der Waals surface area contributed by atoms with E-state index < -0.39 is 0 Å². The fourth-order valence-corrected chi connectivity index (χ4v) is 3.24. The van der Waals surface area contributed by atoms with E-state index in [0.29, 0.717) is 6.54 Å². The van der Waals surface area contributed by atoms with Crippen LogP contribution in [0.25, 0.3) is 0 Å². The number of hydrogen-bond donors (Lipinski definition) is 2. The summed E-state index contributed by atoms with van der Waals surface area (Å²) in [4.78, 5) is 24.2. The quantitative estimate of drug-likeness (QED) is 0.603. The molecule has 2 aromatic carbocycles. The van der Waals surface area contributed by atoms with Crippen LogP contribution in [-0.4, -0.2) is 18.2 Å². The summed E-state index contributed by atoms with van der Waals surface area (Å²) >= 11 is 0. The van der Waals surface area contributed by atoms with Crippen molar-refractivity contribution in [3.05, 3.63) is 64.7 Å². The highest BCUT2D eigenvalue weighted by molar-refractivity contribution is 5.98. The number of nitrogens with two attached hydrogens (primary N) is 1. The van der Waals surface area contributed by atoms with Crippen molar-refractivity contribution in [2.24, 2.45) is 0 Å². The molecule has 0 aliphatic heterocycles. The highest BCUT2D eigenvalue weighted by atomic mass is 16.2. The van der Waals surface area contributed by atoms with Crippen molar-refractivity contribution < 1.29 is 9.59 Å². The molecule has 0 unspecified atom stereocenters. The van der Waals surface area contributed by atoms with Crippen molar-refractivity contribution >= 4 is 17.4 Å². The van der Waals surface area contributed by atoms with Gasteiger partial charge >= 0.3 is 0 Å². The zero-order valence-corrected chi connectivity index (χ0v) is 14.4. The number of anilines is 1. The number of nitrogens with one attached hydrogen (secondary N) is 1. The Labute approximate surface area is 148 Å². The first-order chi connectivity index (χ1) is 12.1. The van der Waals surface area contributed by atoms with Crippen LogP contribution < -0.4 is 11.1 Å². The number of ketones is 1. The summed E-state index contributed by atoms with van der Waals surface area (Å²) in [6.07, 6.45) is 4.58. The van der Waals surface area contributed by atoms with Gasteiger partial charge in [0, 0.05) is 30.6 Å². The number of fused-ring (bicyclic) bond motifs is 1. The Morgan fingerprint density at radius 3 is 2.52 bits per heavy atom. The van der Waals surface area contributed by atoms with Crippen molar-refractivity contribution in [2.45, 2.75) is 38.5 Å². The van der Waals surface area contributed by atoms with Crippen LogP contribution in [0, 0.1) is 0 Å². The SMILES string of the molecule is Nc1ccc(CCNC(=O)CCC(=O)c2ccc3c(c2)CCC3)cc1. The molecule has 0 atom stereocenters. The Balaban J connectivity index is 1.41. The smallest absolute Gasteiger partial charge is 0.220 e. The van der Waals surface area contributed by atoms with Crippen LogP contribution in [0.15, 0.2) is 42.5 Å². The van der Waals surface area contributed by atoms with Crippen LogP contribution in [0.5, 0.6) is 0 Å². The average Bonchev–Trinajstić information content (AvgIpc) is 3.09. The Hall–Kier alpha value is -2.62. The Morgan fingerprint density at radius 1 is 0.960 bits per heavy atom. The van der Waals surface area contributed by atoms with Crippen LogP contribution in [0.1, 0.15) is 46.3 Å². The lowest BCUT2D eigenvalue weighted by atomic mass is 10.0. The summed E-state index contributed by atoms with van der Waals surface area (Å²) in [6.45, 7) is 0.565. The molecular formula is C21H24N2O2. The number of carbonyl (C=O) groups is 2. The van der Waals surface area contributed by atoms with Crippen molar-refractivity contribution in [1.29, 1.82) is 0 Å². The zero-order valence-electron chi connectivity index (χ0n) is 14.4. The minimum absolute atomic E-state index is 0.0448.